The van der Waals surface area contributed by atoms with Crippen molar-refractivity contribution < 1.29 is 4.39 Å². The van der Waals surface area contributed by atoms with Crippen molar-refractivity contribution in [1.29, 1.82) is 5.26 Å². The number of hydrogen-bond donors (Lipinski definition) is 4. The number of anilines is 2. The third-order valence-corrected chi connectivity index (χ3v) is 7.35. The van der Waals surface area contributed by atoms with Crippen LogP contribution in [0.15, 0.2) is 66.9 Å². The molecule has 0 radical (unpaired) electrons. The van der Waals surface area contributed by atoms with E-state index in [0.717, 1.165) is 57.5 Å². The topological polar surface area (TPSA) is 114 Å². The number of hydrogen-bond acceptors (Lipinski definition) is 9. The third-order valence-electron chi connectivity index (χ3n) is 7.35. The standard InChI is InChI=1S/C32H34FN9/c1-19-35-15-22(16-36-19)26-11-24(12-27-29(38-18-32(2,3)4)21(13-34)14-37-31(26)27)39-30(20-5-7-23(33)8-6-20)28-17-42(41-40-28)25-9-10-25/h5-8,11-12,14-17,25,30,39-41H,9-10,18H2,1-4H3,(H,37,38). The van der Waals surface area contributed by atoms with E-state index in [-0.39, 0.29) is 17.3 Å². The summed E-state index contributed by atoms with van der Waals surface area (Å²) in [6, 6.07) is 13.0. The van der Waals surface area contributed by atoms with Crippen LogP contribution < -0.4 is 21.6 Å². The maximum Gasteiger partial charge on any atom is 0.125 e. The fraction of sp³-hybridized carbons (Fsp3) is 0.312. The van der Waals surface area contributed by atoms with Crippen LogP contribution in [0, 0.1) is 29.5 Å². The molecule has 9 nitrogen and oxygen atoms in total. The highest BCUT2D eigenvalue weighted by molar-refractivity contribution is 6.04. The smallest absolute Gasteiger partial charge is 0.125 e. The molecule has 1 saturated carbocycles. The van der Waals surface area contributed by atoms with Crippen LogP contribution in [0.25, 0.3) is 22.0 Å². The fourth-order valence-electron chi connectivity index (χ4n) is 4.97. The highest BCUT2D eigenvalue weighted by atomic mass is 19.1. The number of rotatable bonds is 8. The van der Waals surface area contributed by atoms with Gasteiger partial charge in [-0.25, -0.2) is 14.4 Å². The number of fused-ring (bicyclic) bond motifs is 1. The average Bonchev–Trinajstić information content (AvgIpc) is 3.71. The summed E-state index contributed by atoms with van der Waals surface area (Å²) in [7, 11) is 0. The lowest BCUT2D eigenvalue weighted by Gasteiger charge is -2.24. The van der Waals surface area contributed by atoms with Crippen molar-refractivity contribution in [3.05, 3.63) is 89.7 Å². The number of nitrogens with zero attached hydrogens (tertiary/aromatic N) is 5. The number of nitrogens with one attached hydrogen (secondary N) is 4. The Labute approximate surface area is 244 Å². The number of benzene rings is 2. The first-order chi connectivity index (χ1) is 20.2. The van der Waals surface area contributed by atoms with Gasteiger partial charge in [-0.05, 0) is 55.0 Å². The molecule has 3 heterocycles. The number of pyridine rings is 1. The van der Waals surface area contributed by atoms with Crippen molar-refractivity contribution in [3.63, 3.8) is 0 Å². The second kappa shape index (κ2) is 10.9. The molecular weight excluding hydrogens is 529 g/mol. The molecule has 10 heteroatoms. The molecule has 0 spiro atoms. The molecule has 1 aliphatic carbocycles. The largest absolute Gasteiger partial charge is 0.383 e. The summed E-state index contributed by atoms with van der Waals surface area (Å²) >= 11 is 0. The molecule has 6 rings (SSSR count). The highest BCUT2D eigenvalue weighted by Crippen LogP contribution is 2.38. The Balaban J connectivity index is 1.50. The van der Waals surface area contributed by atoms with E-state index in [2.05, 4.69) is 69.6 Å². The number of aryl methyl sites for hydroxylation is 1. The Morgan fingerprint density at radius 1 is 1.10 bits per heavy atom. The molecule has 2 aromatic carbocycles. The van der Waals surface area contributed by atoms with E-state index < -0.39 is 0 Å². The van der Waals surface area contributed by atoms with Crippen LogP contribution in [0.5, 0.6) is 0 Å². The Morgan fingerprint density at radius 3 is 2.50 bits per heavy atom. The van der Waals surface area contributed by atoms with Crippen molar-refractivity contribution >= 4 is 22.3 Å². The minimum Gasteiger partial charge on any atom is -0.383 e. The molecule has 214 valence electrons. The summed E-state index contributed by atoms with van der Waals surface area (Å²) in [6.07, 6.45) is 9.54. The van der Waals surface area contributed by atoms with Gasteiger partial charge in [0.2, 0.25) is 0 Å². The van der Waals surface area contributed by atoms with E-state index in [0.29, 0.717) is 24.0 Å². The molecule has 0 saturated heterocycles. The molecule has 1 fully saturated rings. The first kappa shape index (κ1) is 27.4. The van der Waals surface area contributed by atoms with Crippen LogP contribution in [0.3, 0.4) is 0 Å². The molecule has 4 N–H and O–H groups in total. The molecule has 1 atom stereocenters. The second-order valence-electron chi connectivity index (χ2n) is 12.1. The van der Waals surface area contributed by atoms with Gasteiger partial charge in [-0.1, -0.05) is 32.9 Å². The van der Waals surface area contributed by atoms with Gasteiger partial charge in [0.15, 0.2) is 0 Å². The lowest BCUT2D eigenvalue weighted by atomic mass is 9.95. The number of hydrazine groups is 2. The summed E-state index contributed by atoms with van der Waals surface area (Å²) in [6.45, 7) is 8.95. The van der Waals surface area contributed by atoms with Gasteiger partial charge in [0, 0.05) is 59.6 Å². The molecule has 1 unspecified atom stereocenters. The zero-order chi connectivity index (χ0) is 29.4. The van der Waals surface area contributed by atoms with Crippen molar-refractivity contribution in [2.24, 2.45) is 5.41 Å². The van der Waals surface area contributed by atoms with Crippen LogP contribution in [-0.2, 0) is 0 Å². The van der Waals surface area contributed by atoms with Crippen LogP contribution in [0.2, 0.25) is 0 Å². The third kappa shape index (κ3) is 5.83. The number of aromatic nitrogens is 3. The van der Waals surface area contributed by atoms with Gasteiger partial charge in [-0.15, -0.1) is 5.53 Å². The Kier molecular flexibility index (Phi) is 7.12. The summed E-state index contributed by atoms with van der Waals surface area (Å²) in [5, 5.41) is 20.1. The van der Waals surface area contributed by atoms with E-state index in [9.17, 15) is 9.65 Å². The summed E-state index contributed by atoms with van der Waals surface area (Å²) < 4.78 is 13.9. The second-order valence-corrected chi connectivity index (χ2v) is 12.1. The molecule has 2 aliphatic rings. The Morgan fingerprint density at radius 2 is 1.83 bits per heavy atom. The van der Waals surface area contributed by atoms with Gasteiger partial charge >= 0.3 is 0 Å². The summed E-state index contributed by atoms with van der Waals surface area (Å²) in [5.41, 5.74) is 12.7. The molecular formula is C32H34FN9. The predicted octanol–water partition coefficient (Wildman–Crippen LogP) is 5.95. The van der Waals surface area contributed by atoms with Gasteiger partial charge in [0.1, 0.15) is 17.7 Å². The molecule has 0 bridgehead atoms. The number of halogens is 1. The van der Waals surface area contributed by atoms with Gasteiger partial charge in [-0.3, -0.25) is 9.99 Å². The number of nitriles is 1. The predicted molar refractivity (Wildman–Crippen MR) is 162 cm³/mol. The summed E-state index contributed by atoms with van der Waals surface area (Å²) in [4.78, 5) is 13.6. The monoisotopic (exact) mass is 563 g/mol. The Bertz CT molecular complexity index is 1680. The first-order valence-corrected chi connectivity index (χ1v) is 14.1. The van der Waals surface area contributed by atoms with Crippen molar-refractivity contribution in [2.45, 2.75) is 52.6 Å². The van der Waals surface area contributed by atoms with Crippen LogP contribution in [0.4, 0.5) is 15.8 Å². The van der Waals surface area contributed by atoms with E-state index in [1.54, 1.807) is 30.7 Å². The quantitative estimate of drug-likeness (QED) is 0.206. The van der Waals surface area contributed by atoms with Gasteiger partial charge < -0.3 is 16.1 Å². The molecule has 2 aromatic heterocycles. The zero-order valence-electron chi connectivity index (χ0n) is 24.2. The normalized spacial score (nSPS) is 15.6. The lowest BCUT2D eigenvalue weighted by Crippen LogP contribution is -2.38. The van der Waals surface area contributed by atoms with Crippen LogP contribution >= 0.6 is 0 Å². The van der Waals surface area contributed by atoms with Crippen LogP contribution in [0.1, 0.15) is 56.6 Å². The van der Waals surface area contributed by atoms with E-state index in [1.807, 2.05) is 19.1 Å². The van der Waals surface area contributed by atoms with Crippen molar-refractivity contribution in [2.75, 3.05) is 17.2 Å². The van der Waals surface area contributed by atoms with Gasteiger partial charge in [0.25, 0.3) is 0 Å². The minimum absolute atomic E-state index is 0.0134. The average molecular weight is 564 g/mol. The molecule has 4 aromatic rings. The maximum absolute atomic E-state index is 13.9. The SMILES string of the molecule is Cc1ncc(-c2cc(NC(C3=CN(C4CC4)NN3)c3ccc(F)cc3)cc3c(NCC(C)(C)C)c(C#N)cnc23)cn1. The highest BCUT2D eigenvalue weighted by Gasteiger charge is 2.32. The summed E-state index contributed by atoms with van der Waals surface area (Å²) in [5.74, 6) is 0.383. The van der Waals surface area contributed by atoms with Crippen LogP contribution in [-0.4, -0.2) is 32.5 Å². The Hall–Kier alpha value is -4.75. The van der Waals surface area contributed by atoms with Crippen molar-refractivity contribution in [1.82, 2.24) is 30.9 Å². The van der Waals surface area contributed by atoms with Gasteiger partial charge in [-0.2, -0.15) is 5.26 Å². The van der Waals surface area contributed by atoms with E-state index >= 15 is 0 Å². The molecule has 0 amide bonds. The maximum atomic E-state index is 13.9. The van der Waals surface area contributed by atoms with E-state index in [4.69, 9.17) is 4.98 Å². The first-order valence-electron chi connectivity index (χ1n) is 14.1. The van der Waals surface area contributed by atoms with E-state index in [1.165, 1.54) is 12.1 Å². The lowest BCUT2D eigenvalue weighted by molar-refractivity contribution is 0.260. The van der Waals surface area contributed by atoms with Crippen molar-refractivity contribution in [3.8, 4) is 17.2 Å². The molecule has 42 heavy (non-hydrogen) atoms. The molecule has 1 aliphatic heterocycles. The minimum atomic E-state index is -0.320. The zero-order valence-corrected chi connectivity index (χ0v) is 24.2. The fourth-order valence-corrected chi connectivity index (χ4v) is 4.97. The van der Waals surface area contributed by atoms with Gasteiger partial charge in [0.05, 0.1) is 28.5 Å².